The SMILES string of the molecule is O=C[C@H](O)[C@@H](O)C(F)(F)C(F)(F)C(F)(F)C(F)(F)C(F)(F)C(F)(F)C(F)(F)C(F)(F)F. The summed E-state index contributed by atoms with van der Waals surface area (Å²) >= 11 is 0. The molecule has 3 nitrogen and oxygen atoms in total. The molecule has 0 saturated heterocycles. The van der Waals surface area contributed by atoms with Gasteiger partial charge in [-0.3, -0.25) is 0 Å². The molecule has 0 aliphatic carbocycles. The summed E-state index contributed by atoms with van der Waals surface area (Å²) in [5, 5.41) is 16.9. The molecule has 0 aliphatic rings. The van der Waals surface area contributed by atoms with E-state index in [2.05, 4.69) is 0 Å². The Balaban J connectivity index is 6.80. The molecular formula is C11H5F17O3. The zero-order valence-electron chi connectivity index (χ0n) is 13.5. The van der Waals surface area contributed by atoms with Crippen LogP contribution in [0.15, 0.2) is 0 Å². The molecule has 0 spiro atoms. The van der Waals surface area contributed by atoms with Gasteiger partial charge in [-0.05, 0) is 0 Å². The van der Waals surface area contributed by atoms with Gasteiger partial charge in [-0.1, -0.05) is 0 Å². The fourth-order valence-electron chi connectivity index (χ4n) is 1.65. The molecule has 0 heterocycles. The van der Waals surface area contributed by atoms with Gasteiger partial charge in [0, 0.05) is 0 Å². The fraction of sp³-hybridized carbons (Fsp3) is 0.909. The smallest absolute Gasteiger partial charge is 0.383 e. The van der Waals surface area contributed by atoms with Crippen molar-refractivity contribution >= 4 is 6.29 Å². The first-order valence-corrected chi connectivity index (χ1v) is 6.67. The van der Waals surface area contributed by atoms with E-state index in [0.29, 0.717) is 0 Å². The minimum Gasteiger partial charge on any atom is -0.383 e. The molecular weight excluding hydrogens is 503 g/mol. The molecule has 0 amide bonds. The van der Waals surface area contributed by atoms with Crippen molar-refractivity contribution < 1.29 is 89.6 Å². The average Bonchev–Trinajstić information content (AvgIpc) is 2.57. The van der Waals surface area contributed by atoms with Crippen molar-refractivity contribution in [2.75, 3.05) is 0 Å². The fourth-order valence-corrected chi connectivity index (χ4v) is 1.65. The van der Waals surface area contributed by atoms with Crippen LogP contribution in [0.5, 0.6) is 0 Å². The van der Waals surface area contributed by atoms with Crippen molar-refractivity contribution in [1.82, 2.24) is 0 Å². The second-order valence-electron chi connectivity index (χ2n) is 5.64. The molecule has 31 heavy (non-hydrogen) atoms. The number of carbonyl (C=O) groups excluding carboxylic acids is 1. The normalized spacial score (nSPS) is 18.0. The quantitative estimate of drug-likeness (QED) is 0.367. The van der Waals surface area contributed by atoms with Crippen LogP contribution in [0.25, 0.3) is 0 Å². The first kappa shape index (κ1) is 29.4. The van der Waals surface area contributed by atoms with Gasteiger partial charge in [0.2, 0.25) is 0 Å². The topological polar surface area (TPSA) is 57.5 Å². The van der Waals surface area contributed by atoms with Crippen molar-refractivity contribution in [3.05, 3.63) is 0 Å². The molecule has 0 bridgehead atoms. The molecule has 2 atom stereocenters. The number of carbonyl (C=O) groups is 1. The van der Waals surface area contributed by atoms with Crippen molar-refractivity contribution in [2.24, 2.45) is 0 Å². The summed E-state index contributed by atoms with van der Waals surface area (Å²) in [5.74, 6) is -58.5. The van der Waals surface area contributed by atoms with E-state index in [0.717, 1.165) is 0 Å². The lowest BCUT2D eigenvalue weighted by molar-refractivity contribution is -0.464. The largest absolute Gasteiger partial charge is 0.460 e. The summed E-state index contributed by atoms with van der Waals surface area (Å²) in [4.78, 5) is 9.93. The van der Waals surface area contributed by atoms with Gasteiger partial charge in [-0.25, -0.2) is 0 Å². The molecule has 0 rings (SSSR count). The van der Waals surface area contributed by atoms with E-state index in [4.69, 9.17) is 10.2 Å². The van der Waals surface area contributed by atoms with Crippen molar-refractivity contribution in [1.29, 1.82) is 0 Å². The standard InChI is InChI=1S/C11H5F17O3/c12-4(13,3(31)2(30)1-29)5(14,15)6(16,17)7(18,19)8(20,21)9(22,23)10(24,25)11(26,27)28/h1-3,30-31H/t2-,3+/m0/s1. The van der Waals surface area contributed by atoms with Gasteiger partial charge < -0.3 is 15.0 Å². The second kappa shape index (κ2) is 7.48. The van der Waals surface area contributed by atoms with E-state index in [-0.39, 0.29) is 0 Å². The lowest BCUT2D eigenvalue weighted by Gasteiger charge is -2.43. The Hall–Kier alpha value is -1.60. The average molecular weight is 508 g/mol. The van der Waals surface area contributed by atoms with Crippen LogP contribution in [0, 0.1) is 0 Å². The Morgan fingerprint density at radius 3 is 1.00 bits per heavy atom. The third kappa shape index (κ3) is 3.67. The highest BCUT2D eigenvalue weighted by atomic mass is 19.4. The molecule has 0 radical (unpaired) electrons. The lowest BCUT2D eigenvalue weighted by Crippen LogP contribution is -2.75. The maximum atomic E-state index is 13.3. The summed E-state index contributed by atoms with van der Waals surface area (Å²) in [6, 6.07) is 0. The number of alkyl halides is 17. The lowest BCUT2D eigenvalue weighted by atomic mass is 9.87. The highest BCUT2D eigenvalue weighted by Gasteiger charge is 2.95. The van der Waals surface area contributed by atoms with Crippen molar-refractivity contribution in [2.45, 2.75) is 59.8 Å². The summed E-state index contributed by atoms with van der Waals surface area (Å²) < 4.78 is 219. The molecule has 186 valence electrons. The second-order valence-corrected chi connectivity index (χ2v) is 5.64. The molecule has 0 unspecified atom stereocenters. The zero-order chi connectivity index (χ0) is 25.9. The summed E-state index contributed by atoms with van der Waals surface area (Å²) in [6.07, 6.45) is -17.8. The number of halogens is 17. The third-order valence-electron chi connectivity index (χ3n) is 3.58. The Labute approximate surface area is 157 Å². The maximum absolute atomic E-state index is 13.3. The summed E-state index contributed by atoms with van der Waals surface area (Å²) in [7, 11) is 0. The highest BCUT2D eigenvalue weighted by molar-refractivity contribution is 5.57. The Kier molecular flexibility index (Phi) is 7.09. The van der Waals surface area contributed by atoms with Gasteiger partial charge in [0.15, 0.2) is 12.4 Å². The third-order valence-corrected chi connectivity index (χ3v) is 3.58. The predicted octanol–water partition coefficient (Wildman–Crippen LogP) is 3.92. The highest BCUT2D eigenvalue weighted by Crippen LogP contribution is 2.64. The number of aliphatic hydroxyl groups is 2. The first-order chi connectivity index (χ1) is 13.1. The van der Waals surface area contributed by atoms with E-state index in [1.807, 2.05) is 0 Å². The molecule has 0 fully saturated rings. The van der Waals surface area contributed by atoms with Gasteiger partial charge in [0.25, 0.3) is 0 Å². The van der Waals surface area contributed by atoms with E-state index in [9.17, 15) is 79.4 Å². The maximum Gasteiger partial charge on any atom is 0.460 e. The molecule has 20 heteroatoms. The number of hydrogen-bond donors (Lipinski definition) is 2. The first-order valence-electron chi connectivity index (χ1n) is 6.67. The zero-order valence-corrected chi connectivity index (χ0v) is 13.5. The number of hydrogen-bond acceptors (Lipinski definition) is 3. The summed E-state index contributed by atoms with van der Waals surface area (Å²) in [6.45, 7) is 0. The van der Waals surface area contributed by atoms with Gasteiger partial charge in [0.05, 0.1) is 0 Å². The van der Waals surface area contributed by atoms with Crippen molar-refractivity contribution in [3.8, 4) is 0 Å². The van der Waals surface area contributed by atoms with Crippen molar-refractivity contribution in [3.63, 3.8) is 0 Å². The van der Waals surface area contributed by atoms with Gasteiger partial charge in [-0.15, -0.1) is 0 Å². The molecule has 0 aromatic carbocycles. The number of aliphatic hydroxyl groups excluding tert-OH is 2. The Morgan fingerprint density at radius 1 is 0.484 bits per heavy atom. The Morgan fingerprint density at radius 2 is 0.742 bits per heavy atom. The van der Waals surface area contributed by atoms with E-state index < -0.39 is 66.1 Å². The van der Waals surface area contributed by atoms with Crippen LogP contribution in [0.4, 0.5) is 74.6 Å². The van der Waals surface area contributed by atoms with Crippen LogP contribution < -0.4 is 0 Å². The molecule has 0 aliphatic heterocycles. The predicted molar refractivity (Wildman–Crippen MR) is 58.8 cm³/mol. The van der Waals surface area contributed by atoms with Crippen LogP contribution in [0.1, 0.15) is 0 Å². The van der Waals surface area contributed by atoms with Crippen LogP contribution in [-0.2, 0) is 4.79 Å². The van der Waals surface area contributed by atoms with Gasteiger partial charge in [0.1, 0.15) is 6.10 Å². The van der Waals surface area contributed by atoms with Crippen LogP contribution >= 0.6 is 0 Å². The number of rotatable bonds is 9. The van der Waals surface area contributed by atoms with E-state index in [1.54, 1.807) is 0 Å². The molecule has 2 N–H and O–H groups in total. The molecule has 0 aromatic rings. The van der Waals surface area contributed by atoms with Crippen LogP contribution in [0.2, 0.25) is 0 Å². The van der Waals surface area contributed by atoms with Gasteiger partial charge >= 0.3 is 47.6 Å². The Bertz CT molecular complexity index is 667. The summed E-state index contributed by atoms with van der Waals surface area (Å²) in [5.41, 5.74) is 0. The minimum atomic E-state index is -8.80. The molecule has 0 aromatic heterocycles. The molecule has 0 saturated carbocycles. The van der Waals surface area contributed by atoms with E-state index in [1.165, 1.54) is 0 Å². The monoisotopic (exact) mass is 508 g/mol. The van der Waals surface area contributed by atoms with Gasteiger partial charge in [-0.2, -0.15) is 74.6 Å². The minimum absolute atomic E-state index is 1.29. The van der Waals surface area contributed by atoms with E-state index >= 15 is 0 Å². The number of aldehydes is 1. The van der Waals surface area contributed by atoms with Crippen LogP contribution in [0.3, 0.4) is 0 Å². The van der Waals surface area contributed by atoms with Crippen LogP contribution in [-0.4, -0.2) is 76.3 Å².